The van der Waals surface area contributed by atoms with Crippen LogP contribution in [-0.4, -0.2) is 39.9 Å². The Morgan fingerprint density at radius 1 is 0.944 bits per heavy atom. The van der Waals surface area contributed by atoms with E-state index in [1.54, 1.807) is 0 Å². The average molecular weight is 499 g/mol. The van der Waals surface area contributed by atoms with E-state index >= 15 is 0 Å². The predicted octanol–water partition coefficient (Wildman–Crippen LogP) is 4.24. The molecule has 0 saturated carbocycles. The number of nitrogens with one attached hydrogen (secondary N) is 1. The topological polar surface area (TPSA) is 75.7 Å². The van der Waals surface area contributed by atoms with Crippen LogP contribution in [0.15, 0.2) is 102 Å². The first-order valence-electron chi connectivity index (χ1n) is 11.8. The highest BCUT2D eigenvalue weighted by atomic mass is 32.2. The van der Waals surface area contributed by atoms with E-state index in [9.17, 15) is 14.4 Å². The molecule has 0 spiro atoms. The zero-order chi connectivity index (χ0) is 25.1. The number of ether oxygens (including phenoxy) is 1. The molecule has 0 aliphatic carbocycles. The summed E-state index contributed by atoms with van der Waals surface area (Å²) in [4.78, 5) is 40.7. The van der Waals surface area contributed by atoms with Crippen molar-refractivity contribution in [2.45, 2.75) is 30.9 Å². The molecule has 0 aromatic heterocycles. The maximum Gasteiger partial charge on any atom is 0.356 e. The van der Waals surface area contributed by atoms with Gasteiger partial charge < -0.3 is 10.1 Å². The zero-order valence-electron chi connectivity index (χ0n) is 19.8. The molecular formula is C29H26N2O4S. The monoisotopic (exact) mass is 498 g/mol. The summed E-state index contributed by atoms with van der Waals surface area (Å²) in [7, 11) is 0. The van der Waals surface area contributed by atoms with Gasteiger partial charge in [0.1, 0.15) is 17.1 Å². The zero-order valence-corrected chi connectivity index (χ0v) is 20.6. The van der Waals surface area contributed by atoms with Crippen LogP contribution < -0.4 is 5.32 Å². The molecule has 1 unspecified atom stereocenters. The van der Waals surface area contributed by atoms with Crippen molar-refractivity contribution in [3.8, 4) is 0 Å². The van der Waals surface area contributed by atoms with Crippen molar-refractivity contribution in [2.75, 3.05) is 5.75 Å². The normalized spacial score (nSPS) is 18.9. The lowest BCUT2D eigenvalue weighted by Crippen LogP contribution is -2.70. The molecule has 7 heteroatoms. The molecule has 5 rings (SSSR count). The van der Waals surface area contributed by atoms with E-state index in [0.717, 1.165) is 22.3 Å². The van der Waals surface area contributed by atoms with Crippen LogP contribution in [-0.2, 0) is 25.5 Å². The standard InChI is InChI=1S/C29H26N2O4S/c1-19-18-36-28-24(30-23(32)17-20-11-5-2-6-12-20)27(33)31(28)25(19)29(34)35-26(21-13-7-3-8-14-21)22-15-9-4-10-16-22/h2-16,24,26,28H,17-18H2,1H3,(H,30,32)/t24?,28-/m0/s1. The number of β-lactam (4-membered cyclic amide) rings is 1. The summed E-state index contributed by atoms with van der Waals surface area (Å²) in [6.45, 7) is 1.84. The molecule has 182 valence electrons. The number of carbonyl (C=O) groups excluding carboxylic acids is 3. The molecule has 2 amide bonds. The highest BCUT2D eigenvalue weighted by Gasteiger charge is 2.54. The largest absolute Gasteiger partial charge is 0.448 e. The number of hydrogen-bond donors (Lipinski definition) is 1. The summed E-state index contributed by atoms with van der Waals surface area (Å²) >= 11 is 1.54. The second-order valence-corrected chi connectivity index (χ2v) is 9.96. The van der Waals surface area contributed by atoms with E-state index in [0.29, 0.717) is 5.75 Å². The van der Waals surface area contributed by atoms with Gasteiger partial charge in [0, 0.05) is 5.75 Å². The van der Waals surface area contributed by atoms with E-state index in [1.807, 2.05) is 97.9 Å². The Labute approximate surface area is 214 Å². The molecule has 1 saturated heterocycles. The lowest BCUT2D eigenvalue weighted by Gasteiger charge is -2.49. The fourth-order valence-corrected chi connectivity index (χ4v) is 5.81. The molecule has 36 heavy (non-hydrogen) atoms. The van der Waals surface area contributed by atoms with Gasteiger partial charge in [-0.15, -0.1) is 11.8 Å². The highest BCUT2D eigenvalue weighted by molar-refractivity contribution is 8.00. The van der Waals surface area contributed by atoms with Crippen molar-refractivity contribution < 1.29 is 19.1 Å². The fourth-order valence-electron chi connectivity index (χ4n) is 4.52. The summed E-state index contributed by atoms with van der Waals surface area (Å²) in [5, 5.41) is 2.52. The van der Waals surface area contributed by atoms with Crippen molar-refractivity contribution >= 4 is 29.5 Å². The minimum atomic E-state index is -0.666. The van der Waals surface area contributed by atoms with Crippen molar-refractivity contribution in [1.29, 1.82) is 0 Å². The van der Waals surface area contributed by atoms with Crippen LogP contribution in [0.25, 0.3) is 0 Å². The third kappa shape index (κ3) is 4.79. The van der Waals surface area contributed by atoms with Gasteiger partial charge in [-0.25, -0.2) is 4.79 Å². The van der Waals surface area contributed by atoms with E-state index in [1.165, 1.54) is 16.7 Å². The third-order valence-electron chi connectivity index (χ3n) is 6.31. The highest BCUT2D eigenvalue weighted by Crippen LogP contribution is 2.41. The van der Waals surface area contributed by atoms with Crippen LogP contribution in [0.5, 0.6) is 0 Å². The number of rotatable bonds is 7. The Balaban J connectivity index is 1.32. The van der Waals surface area contributed by atoms with E-state index < -0.39 is 18.1 Å². The van der Waals surface area contributed by atoms with Gasteiger partial charge in [-0.05, 0) is 29.2 Å². The van der Waals surface area contributed by atoms with E-state index in [-0.39, 0.29) is 29.3 Å². The molecule has 1 fully saturated rings. The number of amides is 2. The first-order valence-corrected chi connectivity index (χ1v) is 12.9. The van der Waals surface area contributed by atoms with E-state index in [4.69, 9.17) is 4.74 Å². The predicted molar refractivity (Wildman–Crippen MR) is 139 cm³/mol. The SMILES string of the molecule is CC1=C(C(=O)OC(c2ccccc2)c2ccccc2)N2C(=O)C(NC(=O)Cc3ccccc3)[C@@H]2SC1. The minimum absolute atomic E-state index is 0.196. The van der Waals surface area contributed by atoms with Crippen molar-refractivity contribution in [3.63, 3.8) is 0 Å². The summed E-state index contributed by atoms with van der Waals surface area (Å²) < 4.78 is 6.04. The molecule has 2 aliphatic heterocycles. The molecule has 2 aliphatic rings. The molecule has 1 N–H and O–H groups in total. The summed E-state index contributed by atoms with van der Waals surface area (Å²) in [5.41, 5.74) is 3.62. The Kier molecular flexibility index (Phi) is 6.91. The molecule has 3 aromatic rings. The Morgan fingerprint density at radius 2 is 1.50 bits per heavy atom. The van der Waals surface area contributed by atoms with Gasteiger partial charge in [-0.2, -0.15) is 0 Å². The van der Waals surface area contributed by atoms with E-state index in [2.05, 4.69) is 5.32 Å². The number of benzene rings is 3. The van der Waals surface area contributed by atoms with Crippen molar-refractivity contribution in [1.82, 2.24) is 10.2 Å². The van der Waals surface area contributed by atoms with Crippen molar-refractivity contribution in [2.24, 2.45) is 0 Å². The van der Waals surface area contributed by atoms with Crippen LogP contribution >= 0.6 is 11.8 Å². The van der Waals surface area contributed by atoms with Gasteiger partial charge in [0.05, 0.1) is 6.42 Å². The van der Waals surface area contributed by atoms with Crippen LogP contribution in [0.2, 0.25) is 0 Å². The molecule has 3 aromatic carbocycles. The number of carbonyl (C=O) groups is 3. The molecule has 0 bridgehead atoms. The molecule has 2 heterocycles. The van der Waals surface area contributed by atoms with Gasteiger partial charge in [0.25, 0.3) is 5.91 Å². The lowest BCUT2D eigenvalue weighted by molar-refractivity contribution is -0.154. The number of thioether (sulfide) groups is 1. The first-order chi connectivity index (χ1) is 17.5. The van der Waals surface area contributed by atoms with Gasteiger partial charge >= 0.3 is 5.97 Å². The van der Waals surface area contributed by atoms with Gasteiger partial charge in [-0.1, -0.05) is 91.0 Å². The Hall–Kier alpha value is -3.84. The van der Waals surface area contributed by atoms with Crippen LogP contribution in [0.1, 0.15) is 29.7 Å². The molecule has 0 radical (unpaired) electrons. The maximum absolute atomic E-state index is 13.5. The summed E-state index contributed by atoms with van der Waals surface area (Å²) in [6, 6.07) is 27.8. The number of esters is 1. The Bertz CT molecular complexity index is 1260. The van der Waals surface area contributed by atoms with Crippen LogP contribution in [0, 0.1) is 0 Å². The summed E-state index contributed by atoms with van der Waals surface area (Å²) in [6.07, 6.45) is -0.410. The second-order valence-electron chi connectivity index (χ2n) is 8.85. The third-order valence-corrected chi connectivity index (χ3v) is 7.73. The lowest BCUT2D eigenvalue weighted by atomic mass is 10.0. The van der Waals surface area contributed by atoms with Gasteiger partial charge in [0.15, 0.2) is 6.10 Å². The smallest absolute Gasteiger partial charge is 0.356 e. The summed E-state index contributed by atoms with van der Waals surface area (Å²) in [5.74, 6) is -0.483. The molecular weight excluding hydrogens is 472 g/mol. The van der Waals surface area contributed by atoms with Gasteiger partial charge in [0.2, 0.25) is 5.91 Å². The minimum Gasteiger partial charge on any atom is -0.448 e. The second kappa shape index (κ2) is 10.4. The maximum atomic E-state index is 13.5. The quantitative estimate of drug-likeness (QED) is 0.390. The van der Waals surface area contributed by atoms with Crippen molar-refractivity contribution in [3.05, 3.63) is 119 Å². The molecule has 6 nitrogen and oxygen atoms in total. The van der Waals surface area contributed by atoms with Gasteiger partial charge in [-0.3, -0.25) is 14.5 Å². The average Bonchev–Trinajstić information content (AvgIpc) is 2.91. The first kappa shape index (κ1) is 23.9. The van der Waals surface area contributed by atoms with Crippen LogP contribution in [0.4, 0.5) is 0 Å². The van der Waals surface area contributed by atoms with Crippen LogP contribution in [0.3, 0.4) is 0 Å². The Morgan fingerprint density at radius 3 is 2.08 bits per heavy atom. The molecule has 2 atom stereocenters. The number of nitrogens with zero attached hydrogens (tertiary/aromatic N) is 1. The number of fused-ring (bicyclic) bond motifs is 1. The fraction of sp³-hybridized carbons (Fsp3) is 0.207. The number of hydrogen-bond acceptors (Lipinski definition) is 5.